The predicted octanol–water partition coefficient (Wildman–Crippen LogP) is 2.73. The third-order valence-electron chi connectivity index (χ3n) is 8.92. The van der Waals surface area contributed by atoms with Crippen LogP contribution in [0.2, 0.25) is 0 Å². The molecule has 0 fully saturated rings. The van der Waals surface area contributed by atoms with Crippen LogP contribution in [0.15, 0.2) is 71.3 Å². The summed E-state index contributed by atoms with van der Waals surface area (Å²) in [5.74, 6) is -6.19. The summed E-state index contributed by atoms with van der Waals surface area (Å²) in [5, 5.41) is 46.2. The van der Waals surface area contributed by atoms with E-state index in [4.69, 9.17) is 5.73 Å². The molecule has 6 N–H and O–H groups in total. The van der Waals surface area contributed by atoms with Crippen molar-refractivity contribution in [2.45, 2.75) is 31.4 Å². The van der Waals surface area contributed by atoms with Crippen LogP contribution in [0, 0.1) is 11.3 Å². The van der Waals surface area contributed by atoms with Crippen LogP contribution in [0.5, 0.6) is 5.75 Å². The van der Waals surface area contributed by atoms with Gasteiger partial charge in [0.25, 0.3) is 5.91 Å². The molecule has 0 bridgehead atoms. The minimum Gasteiger partial charge on any atom is -0.510 e. The van der Waals surface area contributed by atoms with Crippen molar-refractivity contribution >= 4 is 28.4 Å². The molecule has 1 heterocycles. The normalized spacial score (nSPS) is 27.6. The highest BCUT2D eigenvalue weighted by Crippen LogP contribution is 2.58. The van der Waals surface area contributed by atoms with Crippen LogP contribution in [-0.2, 0) is 16.0 Å². The highest BCUT2D eigenvalue weighted by Gasteiger charge is 2.65. The van der Waals surface area contributed by atoms with Crippen molar-refractivity contribution in [3.05, 3.63) is 82.5 Å². The maximum atomic E-state index is 14.1. The van der Waals surface area contributed by atoms with Gasteiger partial charge in [0.1, 0.15) is 22.8 Å². The van der Waals surface area contributed by atoms with Gasteiger partial charge < -0.3 is 26.2 Å². The standard InChI is InChI=1S/C31H29N3O7/c1-30-11-17-16(15-10-14-6-4-5-7-19(14)33-13-15)8-9-20(35)21(17)25(36)23(30)28(39)31(41)18(12-30)24(34(2)3)26(37)22(27(31)38)29(32)40/h4-10,13,18,24,35,37,39,41H,11-12H2,1-3H3,(H2,32,40)/t18-,24+,30-,31+/m0/s1. The first-order valence-corrected chi connectivity index (χ1v) is 13.2. The number of aliphatic hydroxyl groups excluding tert-OH is 2. The molecular weight excluding hydrogens is 526 g/mol. The Balaban J connectivity index is 1.58. The van der Waals surface area contributed by atoms with Crippen molar-refractivity contribution < 1.29 is 34.8 Å². The molecule has 0 spiro atoms. The van der Waals surface area contributed by atoms with E-state index < -0.39 is 57.5 Å². The van der Waals surface area contributed by atoms with E-state index in [9.17, 15) is 34.8 Å². The molecule has 0 radical (unpaired) electrons. The maximum Gasteiger partial charge on any atom is 0.255 e. The van der Waals surface area contributed by atoms with Gasteiger partial charge in [-0.3, -0.25) is 24.3 Å². The minimum atomic E-state index is -2.69. The van der Waals surface area contributed by atoms with Crippen molar-refractivity contribution in [2.75, 3.05) is 14.1 Å². The number of Topliss-reactive ketones (excluding diaryl/α,β-unsaturated/α-hetero) is 2. The summed E-state index contributed by atoms with van der Waals surface area (Å²) in [6.45, 7) is 1.74. The zero-order chi connectivity index (χ0) is 29.6. The lowest BCUT2D eigenvalue weighted by molar-refractivity contribution is -0.150. The Morgan fingerprint density at radius 2 is 1.80 bits per heavy atom. The number of amides is 1. The van der Waals surface area contributed by atoms with Gasteiger partial charge in [-0.1, -0.05) is 31.2 Å². The van der Waals surface area contributed by atoms with Gasteiger partial charge in [0.2, 0.25) is 5.78 Å². The van der Waals surface area contributed by atoms with Crippen LogP contribution in [0.25, 0.3) is 22.0 Å². The second-order valence-corrected chi connectivity index (χ2v) is 11.6. The molecule has 3 aliphatic rings. The van der Waals surface area contributed by atoms with Gasteiger partial charge in [-0.2, -0.15) is 0 Å². The van der Waals surface area contributed by atoms with Crippen molar-refractivity contribution in [1.29, 1.82) is 0 Å². The molecule has 10 heteroatoms. The number of ketones is 2. The number of hydrogen-bond acceptors (Lipinski definition) is 9. The number of carbonyl (C=O) groups excluding carboxylic acids is 3. The van der Waals surface area contributed by atoms with Gasteiger partial charge in [-0.05, 0) is 56.3 Å². The number of pyridine rings is 1. The van der Waals surface area contributed by atoms with Crippen LogP contribution in [0.1, 0.15) is 29.3 Å². The first-order chi connectivity index (χ1) is 19.3. The van der Waals surface area contributed by atoms with Crippen LogP contribution < -0.4 is 5.73 Å². The second kappa shape index (κ2) is 8.73. The number of nitrogens with two attached hydrogens (primary N) is 1. The number of nitrogens with zero attached hydrogens (tertiary/aromatic N) is 2. The molecule has 0 saturated carbocycles. The van der Waals surface area contributed by atoms with E-state index in [-0.39, 0.29) is 29.7 Å². The Morgan fingerprint density at radius 3 is 2.49 bits per heavy atom. The fourth-order valence-electron chi connectivity index (χ4n) is 7.11. The number of hydrogen-bond donors (Lipinski definition) is 5. The Hall–Kier alpha value is -4.54. The summed E-state index contributed by atoms with van der Waals surface area (Å²) in [6.07, 6.45) is 1.85. The Morgan fingerprint density at radius 1 is 1.10 bits per heavy atom. The third kappa shape index (κ3) is 3.50. The van der Waals surface area contributed by atoms with Crippen LogP contribution >= 0.6 is 0 Å². The summed E-state index contributed by atoms with van der Waals surface area (Å²) in [7, 11) is 3.19. The van der Waals surface area contributed by atoms with Crippen molar-refractivity contribution in [3.63, 3.8) is 0 Å². The predicted molar refractivity (Wildman–Crippen MR) is 149 cm³/mol. The molecule has 41 heavy (non-hydrogen) atoms. The number of benzene rings is 2. The van der Waals surface area contributed by atoms with Gasteiger partial charge in [0.15, 0.2) is 11.4 Å². The van der Waals surface area contributed by atoms with Crippen LogP contribution in [-0.4, -0.2) is 73.5 Å². The molecule has 0 aliphatic heterocycles. The number of phenolic OH excluding ortho intramolecular Hbond substituents is 1. The number of aromatic nitrogens is 1. The summed E-state index contributed by atoms with van der Waals surface area (Å²) >= 11 is 0. The largest absolute Gasteiger partial charge is 0.510 e. The molecule has 0 unspecified atom stereocenters. The molecule has 2 aromatic carbocycles. The zero-order valence-corrected chi connectivity index (χ0v) is 22.7. The molecular formula is C31H29N3O7. The third-order valence-corrected chi connectivity index (χ3v) is 8.92. The molecule has 6 rings (SSSR count). The molecule has 4 atom stereocenters. The number of para-hydroxylation sites is 1. The Kier molecular flexibility index (Phi) is 5.68. The summed E-state index contributed by atoms with van der Waals surface area (Å²) < 4.78 is 0. The van der Waals surface area contributed by atoms with Crippen molar-refractivity contribution in [3.8, 4) is 16.9 Å². The molecule has 1 aromatic heterocycles. The highest BCUT2D eigenvalue weighted by atomic mass is 16.3. The topological polar surface area (TPSA) is 174 Å². The van der Waals surface area contributed by atoms with E-state index >= 15 is 0 Å². The van der Waals surface area contributed by atoms with Gasteiger partial charge in [-0.15, -0.1) is 0 Å². The van der Waals surface area contributed by atoms with E-state index in [1.165, 1.54) is 11.0 Å². The maximum absolute atomic E-state index is 14.1. The SMILES string of the molecule is CN(C)[C@H]1C(O)=C(C(N)=O)C(=O)[C@@]2(O)C(O)=C3C(=O)c4c(O)ccc(-c5cnc6ccccc6c5)c4C[C@@]3(C)C[C@@H]12. The number of primary amides is 1. The number of carbonyl (C=O) groups is 3. The van der Waals surface area contributed by atoms with E-state index in [1.54, 1.807) is 33.3 Å². The van der Waals surface area contributed by atoms with E-state index in [0.29, 0.717) is 11.1 Å². The lowest BCUT2D eigenvalue weighted by atomic mass is 9.53. The fraction of sp³-hybridized carbons (Fsp3) is 0.290. The number of allylic oxidation sites excluding steroid dienone is 1. The molecule has 1 amide bonds. The molecule has 10 nitrogen and oxygen atoms in total. The van der Waals surface area contributed by atoms with E-state index in [1.807, 2.05) is 30.3 Å². The smallest absolute Gasteiger partial charge is 0.255 e. The number of likely N-dealkylation sites (N-methyl/N-ethyl adjacent to an activating group) is 1. The summed E-state index contributed by atoms with van der Waals surface area (Å²) in [4.78, 5) is 45.9. The Bertz CT molecular complexity index is 1770. The zero-order valence-electron chi connectivity index (χ0n) is 22.7. The molecule has 0 saturated heterocycles. The first kappa shape index (κ1) is 26.7. The van der Waals surface area contributed by atoms with Gasteiger partial charge in [0.05, 0.1) is 17.1 Å². The first-order valence-electron chi connectivity index (χ1n) is 13.2. The van der Waals surface area contributed by atoms with Gasteiger partial charge in [-0.25, -0.2) is 0 Å². The van der Waals surface area contributed by atoms with Crippen LogP contribution in [0.3, 0.4) is 0 Å². The number of aromatic hydroxyl groups is 1. The number of phenols is 1. The van der Waals surface area contributed by atoms with Gasteiger partial charge in [0, 0.05) is 34.1 Å². The highest BCUT2D eigenvalue weighted by molar-refractivity contribution is 6.25. The monoisotopic (exact) mass is 555 g/mol. The molecule has 3 aliphatic carbocycles. The lowest BCUT2D eigenvalue weighted by Gasteiger charge is -2.53. The minimum absolute atomic E-state index is 0.0101. The molecule has 210 valence electrons. The van der Waals surface area contributed by atoms with E-state index in [2.05, 4.69) is 4.98 Å². The lowest BCUT2D eigenvalue weighted by Crippen LogP contribution is -2.65. The number of fused-ring (bicyclic) bond motifs is 4. The second-order valence-electron chi connectivity index (χ2n) is 11.6. The average Bonchev–Trinajstić information content (AvgIpc) is 2.90. The summed E-state index contributed by atoms with van der Waals surface area (Å²) in [5.41, 5.74) is 3.25. The van der Waals surface area contributed by atoms with Crippen LogP contribution in [0.4, 0.5) is 0 Å². The van der Waals surface area contributed by atoms with E-state index in [0.717, 1.165) is 16.5 Å². The van der Waals surface area contributed by atoms with Crippen molar-refractivity contribution in [1.82, 2.24) is 9.88 Å². The quantitative estimate of drug-likeness (QED) is 0.304. The Labute approximate surface area is 235 Å². The number of aliphatic hydroxyl groups is 3. The fourth-order valence-corrected chi connectivity index (χ4v) is 7.11. The van der Waals surface area contributed by atoms with Crippen molar-refractivity contribution in [2.24, 2.45) is 17.1 Å². The molecule has 3 aromatic rings. The number of rotatable bonds is 3. The van der Waals surface area contributed by atoms with Gasteiger partial charge >= 0.3 is 0 Å². The average molecular weight is 556 g/mol. The summed E-state index contributed by atoms with van der Waals surface area (Å²) in [6, 6.07) is 11.6.